The number of benzene rings is 1. The van der Waals surface area contributed by atoms with Crippen molar-refractivity contribution < 1.29 is 18.4 Å². The summed E-state index contributed by atoms with van der Waals surface area (Å²) in [5.74, 6) is -3.75. The van der Waals surface area contributed by atoms with Gasteiger partial charge >= 0.3 is 0 Å². The van der Waals surface area contributed by atoms with E-state index in [1.807, 2.05) is 0 Å². The quantitative estimate of drug-likeness (QED) is 0.682. The van der Waals surface area contributed by atoms with E-state index in [1.54, 1.807) is 0 Å². The molecule has 0 fully saturated rings. The molecule has 2 amide bonds. The predicted molar refractivity (Wildman–Crippen MR) is 81.5 cm³/mol. The summed E-state index contributed by atoms with van der Waals surface area (Å²) in [6.07, 6.45) is 6.46. The standard InChI is InChI=1S/C16H22F2N2O2/c1-2-3-4-5-6-7-8-13(21)20-12-10-9-11(17)14(15(12)18)16(19)22/h9-10H,2-8H2,1H3,(H2,19,22)(H,20,21). The largest absolute Gasteiger partial charge is 0.365 e. The van der Waals surface area contributed by atoms with Crippen molar-refractivity contribution in [3.05, 3.63) is 29.3 Å². The first-order valence-electron chi connectivity index (χ1n) is 7.55. The second kappa shape index (κ2) is 9.12. The molecule has 0 saturated carbocycles. The van der Waals surface area contributed by atoms with Gasteiger partial charge in [-0.25, -0.2) is 8.78 Å². The number of hydrogen-bond donors (Lipinski definition) is 2. The number of carbonyl (C=O) groups excluding carboxylic acids is 2. The third kappa shape index (κ3) is 5.42. The molecule has 4 nitrogen and oxygen atoms in total. The minimum atomic E-state index is -1.21. The second-order valence-electron chi connectivity index (χ2n) is 5.21. The Kier molecular flexibility index (Phi) is 7.49. The van der Waals surface area contributed by atoms with Gasteiger partial charge in [-0.15, -0.1) is 0 Å². The molecule has 22 heavy (non-hydrogen) atoms. The van der Waals surface area contributed by atoms with Crippen LogP contribution in [-0.2, 0) is 4.79 Å². The Morgan fingerprint density at radius 3 is 2.36 bits per heavy atom. The Morgan fingerprint density at radius 1 is 1.09 bits per heavy atom. The van der Waals surface area contributed by atoms with Crippen molar-refractivity contribution in [1.29, 1.82) is 0 Å². The van der Waals surface area contributed by atoms with Crippen molar-refractivity contribution in [3.63, 3.8) is 0 Å². The summed E-state index contributed by atoms with van der Waals surface area (Å²) in [7, 11) is 0. The lowest BCUT2D eigenvalue weighted by atomic mass is 10.1. The Balaban J connectivity index is 2.51. The van der Waals surface area contributed by atoms with Gasteiger partial charge in [-0.3, -0.25) is 9.59 Å². The highest BCUT2D eigenvalue weighted by atomic mass is 19.1. The third-order valence-corrected chi connectivity index (χ3v) is 3.37. The third-order valence-electron chi connectivity index (χ3n) is 3.37. The monoisotopic (exact) mass is 312 g/mol. The zero-order valence-electron chi connectivity index (χ0n) is 12.8. The summed E-state index contributed by atoms with van der Waals surface area (Å²) in [5, 5.41) is 2.35. The Morgan fingerprint density at radius 2 is 1.73 bits per heavy atom. The summed E-state index contributed by atoms with van der Waals surface area (Å²) in [4.78, 5) is 22.7. The van der Waals surface area contributed by atoms with E-state index in [0.29, 0.717) is 6.42 Å². The fourth-order valence-electron chi connectivity index (χ4n) is 2.15. The van der Waals surface area contributed by atoms with Crippen LogP contribution in [0.3, 0.4) is 0 Å². The summed E-state index contributed by atoms with van der Waals surface area (Å²) in [6.45, 7) is 2.13. The number of carbonyl (C=O) groups is 2. The number of anilines is 1. The van der Waals surface area contributed by atoms with Crippen molar-refractivity contribution in [1.82, 2.24) is 0 Å². The SMILES string of the molecule is CCCCCCCCC(=O)Nc1ccc(F)c(C(N)=O)c1F. The molecule has 1 aromatic rings. The van der Waals surface area contributed by atoms with E-state index in [0.717, 1.165) is 37.8 Å². The lowest BCUT2D eigenvalue weighted by Gasteiger charge is -2.09. The van der Waals surface area contributed by atoms with Crippen LogP contribution >= 0.6 is 0 Å². The molecule has 0 aliphatic carbocycles. The van der Waals surface area contributed by atoms with Gasteiger partial charge in [0.15, 0.2) is 5.82 Å². The van der Waals surface area contributed by atoms with E-state index in [-0.39, 0.29) is 18.0 Å². The van der Waals surface area contributed by atoms with Gasteiger partial charge in [-0.1, -0.05) is 39.0 Å². The molecule has 1 aromatic carbocycles. The summed E-state index contributed by atoms with van der Waals surface area (Å²) < 4.78 is 27.2. The molecule has 122 valence electrons. The van der Waals surface area contributed by atoms with E-state index < -0.39 is 23.1 Å². The number of primary amides is 1. The van der Waals surface area contributed by atoms with Crippen LogP contribution in [0.1, 0.15) is 62.2 Å². The minimum absolute atomic E-state index is 0.230. The van der Waals surface area contributed by atoms with Crippen LogP contribution in [0.4, 0.5) is 14.5 Å². The van der Waals surface area contributed by atoms with Crippen LogP contribution in [0.25, 0.3) is 0 Å². The zero-order valence-corrected chi connectivity index (χ0v) is 12.8. The summed E-state index contributed by atoms with van der Waals surface area (Å²) in [6, 6.07) is 1.99. The molecule has 0 aliphatic rings. The van der Waals surface area contributed by atoms with Crippen molar-refractivity contribution in [2.75, 3.05) is 5.32 Å². The van der Waals surface area contributed by atoms with Gasteiger partial charge in [0.05, 0.1) is 5.69 Å². The Bertz CT molecular complexity index is 533. The fourth-order valence-corrected chi connectivity index (χ4v) is 2.15. The summed E-state index contributed by atoms with van der Waals surface area (Å²) in [5.41, 5.74) is 3.86. The molecule has 0 radical (unpaired) electrons. The maximum Gasteiger partial charge on any atom is 0.254 e. The fraction of sp³-hybridized carbons (Fsp3) is 0.500. The van der Waals surface area contributed by atoms with E-state index in [9.17, 15) is 18.4 Å². The number of unbranched alkanes of at least 4 members (excludes halogenated alkanes) is 5. The molecule has 0 unspecified atom stereocenters. The predicted octanol–water partition coefficient (Wildman–Crippen LogP) is 3.75. The van der Waals surface area contributed by atoms with E-state index in [1.165, 1.54) is 6.42 Å². The van der Waals surface area contributed by atoms with Crippen molar-refractivity contribution in [3.8, 4) is 0 Å². The molecule has 0 aliphatic heterocycles. The van der Waals surface area contributed by atoms with Gasteiger partial charge in [0, 0.05) is 6.42 Å². The topological polar surface area (TPSA) is 72.2 Å². The van der Waals surface area contributed by atoms with Gasteiger partial charge in [-0.2, -0.15) is 0 Å². The molecule has 0 saturated heterocycles. The Hall–Kier alpha value is -1.98. The maximum absolute atomic E-state index is 13.9. The van der Waals surface area contributed by atoms with E-state index in [2.05, 4.69) is 12.2 Å². The van der Waals surface area contributed by atoms with Crippen molar-refractivity contribution in [2.24, 2.45) is 5.73 Å². The van der Waals surface area contributed by atoms with Crippen LogP contribution in [0.2, 0.25) is 0 Å². The second-order valence-corrected chi connectivity index (χ2v) is 5.21. The van der Waals surface area contributed by atoms with Gasteiger partial charge in [0.2, 0.25) is 5.91 Å². The summed E-state index contributed by atoms with van der Waals surface area (Å²) >= 11 is 0. The lowest BCUT2D eigenvalue weighted by Crippen LogP contribution is -2.18. The first-order chi connectivity index (χ1) is 10.5. The van der Waals surface area contributed by atoms with Crippen LogP contribution in [0.15, 0.2) is 12.1 Å². The number of nitrogens with one attached hydrogen (secondary N) is 1. The highest BCUT2D eigenvalue weighted by Crippen LogP contribution is 2.21. The van der Waals surface area contributed by atoms with Crippen LogP contribution in [0.5, 0.6) is 0 Å². The number of rotatable bonds is 9. The van der Waals surface area contributed by atoms with Crippen LogP contribution in [0, 0.1) is 11.6 Å². The molecule has 0 aromatic heterocycles. The molecule has 0 bridgehead atoms. The van der Waals surface area contributed by atoms with Crippen LogP contribution < -0.4 is 11.1 Å². The molecule has 6 heteroatoms. The molecule has 3 N–H and O–H groups in total. The van der Waals surface area contributed by atoms with E-state index in [4.69, 9.17) is 5.73 Å². The molecule has 0 atom stereocenters. The van der Waals surface area contributed by atoms with E-state index >= 15 is 0 Å². The number of hydrogen-bond acceptors (Lipinski definition) is 2. The molecular formula is C16H22F2N2O2. The average molecular weight is 312 g/mol. The van der Waals surface area contributed by atoms with Gasteiger partial charge in [-0.05, 0) is 18.6 Å². The molecule has 0 heterocycles. The number of nitrogens with two attached hydrogens (primary N) is 1. The normalized spacial score (nSPS) is 10.5. The first-order valence-corrected chi connectivity index (χ1v) is 7.55. The zero-order chi connectivity index (χ0) is 16.5. The minimum Gasteiger partial charge on any atom is -0.365 e. The highest BCUT2D eigenvalue weighted by molar-refractivity contribution is 5.96. The molecule has 1 rings (SSSR count). The highest BCUT2D eigenvalue weighted by Gasteiger charge is 2.19. The smallest absolute Gasteiger partial charge is 0.254 e. The number of amides is 2. The first kappa shape index (κ1) is 18.1. The maximum atomic E-state index is 13.9. The Labute approximate surface area is 129 Å². The van der Waals surface area contributed by atoms with Gasteiger partial charge in [0.25, 0.3) is 5.91 Å². The molecule has 0 spiro atoms. The van der Waals surface area contributed by atoms with Crippen LogP contribution in [-0.4, -0.2) is 11.8 Å². The van der Waals surface area contributed by atoms with Gasteiger partial charge < -0.3 is 11.1 Å². The van der Waals surface area contributed by atoms with Crippen molar-refractivity contribution in [2.45, 2.75) is 51.9 Å². The van der Waals surface area contributed by atoms with Crippen molar-refractivity contribution >= 4 is 17.5 Å². The number of halogens is 2. The average Bonchev–Trinajstić information content (AvgIpc) is 2.45. The molecular weight excluding hydrogens is 290 g/mol. The lowest BCUT2D eigenvalue weighted by molar-refractivity contribution is -0.116. The van der Waals surface area contributed by atoms with Gasteiger partial charge in [0.1, 0.15) is 11.4 Å².